The number of nitrogens with one attached hydrogen (secondary N) is 1. The molecule has 0 aliphatic carbocycles. The topological polar surface area (TPSA) is 44.5 Å². The summed E-state index contributed by atoms with van der Waals surface area (Å²) in [5.41, 5.74) is 3.42. The van der Waals surface area contributed by atoms with Crippen molar-refractivity contribution in [3.8, 4) is 0 Å². The van der Waals surface area contributed by atoms with E-state index in [1.807, 2.05) is 0 Å². The summed E-state index contributed by atoms with van der Waals surface area (Å²) >= 11 is 6.12. The lowest BCUT2D eigenvalue weighted by Crippen LogP contribution is -2.67. The number of hydrogen-bond donors (Lipinski definition) is 2. The van der Waals surface area contributed by atoms with Gasteiger partial charge in [0.15, 0.2) is 0 Å². The minimum absolute atomic E-state index is 0.00694. The monoisotopic (exact) mass is 298 g/mol. The zero-order chi connectivity index (χ0) is 14.1. The molecule has 0 spiro atoms. The molecule has 2 atom stereocenters. The van der Waals surface area contributed by atoms with Crippen LogP contribution in [0.3, 0.4) is 0 Å². The Bertz CT molecular complexity index is 456. The molecule has 1 aromatic rings. The number of benzene rings is 1. The van der Waals surface area contributed by atoms with Crippen LogP contribution < -0.4 is 11.3 Å². The SMILES string of the molecule is NNC(Cc1c(F)cccc1Cl)C1CN2CCN1CC2. The van der Waals surface area contributed by atoms with Gasteiger partial charge >= 0.3 is 0 Å². The molecule has 0 saturated carbocycles. The molecule has 3 saturated heterocycles. The lowest BCUT2D eigenvalue weighted by atomic mass is 9.94. The second-order valence-electron chi connectivity index (χ2n) is 5.58. The Hall–Kier alpha value is -0.720. The van der Waals surface area contributed by atoms with Gasteiger partial charge in [-0.15, -0.1) is 0 Å². The van der Waals surface area contributed by atoms with Gasteiger partial charge in [0.05, 0.1) is 0 Å². The van der Waals surface area contributed by atoms with Gasteiger partial charge in [0.2, 0.25) is 0 Å². The Morgan fingerprint density at radius 3 is 2.65 bits per heavy atom. The molecule has 1 aromatic carbocycles. The van der Waals surface area contributed by atoms with Crippen molar-refractivity contribution in [1.82, 2.24) is 15.2 Å². The number of nitrogens with two attached hydrogens (primary N) is 1. The molecule has 3 aliphatic heterocycles. The maximum Gasteiger partial charge on any atom is 0.127 e. The lowest BCUT2D eigenvalue weighted by molar-refractivity contribution is -0.00324. The number of halogens is 2. The van der Waals surface area contributed by atoms with E-state index in [2.05, 4.69) is 15.2 Å². The zero-order valence-electron chi connectivity index (χ0n) is 11.4. The summed E-state index contributed by atoms with van der Waals surface area (Å²) < 4.78 is 13.9. The van der Waals surface area contributed by atoms with Crippen LogP contribution in [0.5, 0.6) is 0 Å². The van der Waals surface area contributed by atoms with Gasteiger partial charge in [0.25, 0.3) is 0 Å². The molecule has 2 unspecified atom stereocenters. The molecule has 0 radical (unpaired) electrons. The average molecular weight is 299 g/mol. The van der Waals surface area contributed by atoms with E-state index in [0.29, 0.717) is 23.0 Å². The van der Waals surface area contributed by atoms with Gasteiger partial charge in [-0.05, 0) is 18.6 Å². The highest BCUT2D eigenvalue weighted by Gasteiger charge is 2.36. The molecule has 20 heavy (non-hydrogen) atoms. The Kier molecular flexibility index (Phi) is 4.23. The first-order chi connectivity index (χ1) is 9.69. The van der Waals surface area contributed by atoms with Gasteiger partial charge in [-0.1, -0.05) is 17.7 Å². The van der Waals surface area contributed by atoms with Crippen molar-refractivity contribution in [2.45, 2.75) is 18.5 Å². The maximum atomic E-state index is 13.9. The summed E-state index contributed by atoms with van der Waals surface area (Å²) in [5.74, 6) is 5.47. The minimum Gasteiger partial charge on any atom is -0.299 e. The molecule has 3 heterocycles. The van der Waals surface area contributed by atoms with Crippen molar-refractivity contribution in [1.29, 1.82) is 0 Å². The standard InChI is InChI=1S/C14H20ClFN4/c15-11-2-1-3-12(16)10(11)8-13(18-17)14-9-19-4-6-20(14)7-5-19/h1-3,13-14,18H,4-9,17H2. The molecular formula is C14H20ClFN4. The van der Waals surface area contributed by atoms with Crippen molar-refractivity contribution in [2.24, 2.45) is 5.84 Å². The number of nitrogens with zero attached hydrogens (tertiary/aromatic N) is 2. The van der Waals surface area contributed by atoms with Crippen LogP contribution in [0.25, 0.3) is 0 Å². The van der Waals surface area contributed by atoms with Gasteiger partial charge in [-0.2, -0.15) is 0 Å². The summed E-state index contributed by atoms with van der Waals surface area (Å²) in [6.45, 7) is 5.35. The molecule has 0 amide bonds. The number of piperazine rings is 3. The van der Waals surface area contributed by atoms with Gasteiger partial charge < -0.3 is 0 Å². The summed E-state index contributed by atoms with van der Waals surface area (Å²) in [5, 5.41) is 0.474. The molecule has 3 fully saturated rings. The quantitative estimate of drug-likeness (QED) is 0.639. The molecular weight excluding hydrogens is 279 g/mol. The Morgan fingerprint density at radius 2 is 2.10 bits per heavy atom. The fraction of sp³-hybridized carbons (Fsp3) is 0.571. The first kappa shape index (κ1) is 14.2. The van der Waals surface area contributed by atoms with E-state index in [1.165, 1.54) is 6.07 Å². The highest BCUT2D eigenvalue weighted by molar-refractivity contribution is 6.31. The van der Waals surface area contributed by atoms with Crippen LogP contribution in [-0.4, -0.2) is 54.6 Å². The highest BCUT2D eigenvalue weighted by Crippen LogP contribution is 2.24. The van der Waals surface area contributed by atoms with E-state index in [-0.39, 0.29) is 11.9 Å². The van der Waals surface area contributed by atoms with Crippen molar-refractivity contribution in [3.63, 3.8) is 0 Å². The smallest absolute Gasteiger partial charge is 0.127 e. The predicted octanol–water partition coefficient (Wildman–Crippen LogP) is 0.853. The average Bonchev–Trinajstić information content (AvgIpc) is 2.48. The first-order valence-electron chi connectivity index (χ1n) is 7.04. The Morgan fingerprint density at radius 1 is 1.35 bits per heavy atom. The van der Waals surface area contributed by atoms with Crippen molar-refractivity contribution in [2.75, 3.05) is 32.7 Å². The number of hydrazine groups is 1. The predicted molar refractivity (Wildman–Crippen MR) is 78.0 cm³/mol. The van der Waals surface area contributed by atoms with E-state index < -0.39 is 0 Å². The first-order valence-corrected chi connectivity index (χ1v) is 7.42. The van der Waals surface area contributed by atoms with Gasteiger partial charge in [0.1, 0.15) is 5.82 Å². The third-order valence-electron chi connectivity index (χ3n) is 4.49. The minimum atomic E-state index is -0.256. The summed E-state index contributed by atoms with van der Waals surface area (Å²) in [6, 6.07) is 5.13. The van der Waals surface area contributed by atoms with E-state index in [1.54, 1.807) is 12.1 Å². The van der Waals surface area contributed by atoms with E-state index in [9.17, 15) is 4.39 Å². The van der Waals surface area contributed by atoms with Crippen LogP contribution in [0.15, 0.2) is 18.2 Å². The fourth-order valence-corrected chi connectivity index (χ4v) is 3.53. The zero-order valence-corrected chi connectivity index (χ0v) is 12.1. The lowest BCUT2D eigenvalue weighted by Gasteiger charge is -2.50. The normalized spacial score (nSPS) is 30.4. The number of fused-ring (bicyclic) bond motifs is 3. The summed E-state index contributed by atoms with van der Waals surface area (Å²) in [6.07, 6.45) is 0.511. The highest BCUT2D eigenvalue weighted by atomic mass is 35.5. The molecule has 2 bridgehead atoms. The third kappa shape index (κ3) is 2.69. The fourth-order valence-electron chi connectivity index (χ4n) is 3.29. The Labute approximate surface area is 123 Å². The van der Waals surface area contributed by atoms with Crippen molar-refractivity contribution < 1.29 is 4.39 Å². The summed E-state index contributed by atoms with van der Waals surface area (Å²) in [7, 11) is 0. The van der Waals surface area contributed by atoms with Crippen LogP contribution in [-0.2, 0) is 6.42 Å². The van der Waals surface area contributed by atoms with E-state index >= 15 is 0 Å². The third-order valence-corrected chi connectivity index (χ3v) is 4.84. The Balaban J connectivity index is 1.77. The molecule has 3 aliphatic rings. The van der Waals surface area contributed by atoms with Crippen molar-refractivity contribution in [3.05, 3.63) is 34.6 Å². The molecule has 110 valence electrons. The van der Waals surface area contributed by atoms with Crippen LogP contribution in [0.4, 0.5) is 4.39 Å². The molecule has 3 N–H and O–H groups in total. The van der Waals surface area contributed by atoms with Crippen LogP contribution in [0.2, 0.25) is 5.02 Å². The second kappa shape index (κ2) is 5.95. The second-order valence-corrected chi connectivity index (χ2v) is 5.99. The van der Waals surface area contributed by atoms with Gasteiger partial charge in [0, 0.05) is 55.4 Å². The van der Waals surface area contributed by atoms with Crippen molar-refractivity contribution >= 4 is 11.6 Å². The van der Waals surface area contributed by atoms with Gasteiger partial charge in [-0.3, -0.25) is 21.1 Å². The van der Waals surface area contributed by atoms with E-state index in [4.69, 9.17) is 17.4 Å². The number of rotatable bonds is 4. The van der Waals surface area contributed by atoms with E-state index in [0.717, 1.165) is 32.7 Å². The van der Waals surface area contributed by atoms with Gasteiger partial charge in [-0.25, -0.2) is 4.39 Å². The molecule has 0 aromatic heterocycles. The maximum absolute atomic E-state index is 13.9. The largest absolute Gasteiger partial charge is 0.299 e. The van der Waals surface area contributed by atoms with Crippen LogP contribution >= 0.6 is 11.6 Å². The molecule has 4 rings (SSSR count). The molecule has 4 nitrogen and oxygen atoms in total. The van der Waals surface area contributed by atoms with Crippen LogP contribution in [0, 0.1) is 5.82 Å². The summed E-state index contributed by atoms with van der Waals surface area (Å²) in [4.78, 5) is 4.89. The van der Waals surface area contributed by atoms with Crippen LogP contribution in [0.1, 0.15) is 5.56 Å². The molecule has 6 heteroatoms. The number of hydrogen-bond acceptors (Lipinski definition) is 4.